The third-order valence-electron chi connectivity index (χ3n) is 5.65. The molecule has 0 spiro atoms. The molecule has 0 bridgehead atoms. The summed E-state index contributed by atoms with van der Waals surface area (Å²) >= 11 is 0. The summed E-state index contributed by atoms with van der Waals surface area (Å²) in [6.07, 6.45) is 0. The van der Waals surface area contributed by atoms with Crippen LogP contribution in [0.3, 0.4) is 0 Å². The Hall–Kier alpha value is -5.54. The second-order valence-electron chi connectivity index (χ2n) is 8.85. The smallest absolute Gasteiger partial charge is 0.338 e. The van der Waals surface area contributed by atoms with Crippen molar-refractivity contribution in [3.05, 3.63) is 83.4 Å². The van der Waals surface area contributed by atoms with Gasteiger partial charge in [-0.05, 0) is 73.5 Å². The normalized spacial score (nSPS) is 12.1. The number of carboxylic acids is 1. The van der Waals surface area contributed by atoms with Crippen molar-refractivity contribution in [3.63, 3.8) is 0 Å². The molecule has 214 valence electrons. The lowest BCUT2D eigenvalue weighted by Crippen LogP contribution is -1.96. The average Bonchev–Trinajstić information content (AvgIpc) is 2.93. The third-order valence-corrected chi connectivity index (χ3v) is 6.52. The highest BCUT2D eigenvalue weighted by Gasteiger charge is 2.14. The van der Waals surface area contributed by atoms with E-state index in [0.717, 1.165) is 23.8 Å². The van der Waals surface area contributed by atoms with E-state index in [0.29, 0.717) is 5.56 Å². The van der Waals surface area contributed by atoms with Crippen molar-refractivity contribution in [3.8, 4) is 17.2 Å². The van der Waals surface area contributed by atoms with Gasteiger partial charge >= 0.3 is 5.97 Å². The Balaban J connectivity index is 1.60. The molecule has 0 unspecified atom stereocenters. The van der Waals surface area contributed by atoms with Crippen molar-refractivity contribution < 1.29 is 38.2 Å². The van der Waals surface area contributed by atoms with Gasteiger partial charge in [-0.15, -0.1) is 20.5 Å². The molecule has 0 radical (unpaired) electrons. The minimum Gasteiger partial charge on any atom is -0.505 e. The van der Waals surface area contributed by atoms with Gasteiger partial charge in [0.1, 0.15) is 40.0 Å². The number of hydrogen-bond donors (Lipinski definition) is 5. The Morgan fingerprint density at radius 1 is 0.643 bits per heavy atom. The summed E-state index contributed by atoms with van der Waals surface area (Å²) in [4.78, 5) is 11.5. The molecule has 0 saturated carbocycles. The summed E-state index contributed by atoms with van der Waals surface area (Å²) < 4.78 is 31.4. The molecule has 5 N–H and O–H groups in total. The maximum Gasteiger partial charge on any atom is 0.338 e. The van der Waals surface area contributed by atoms with Gasteiger partial charge < -0.3 is 20.4 Å². The number of phenols is 3. The van der Waals surface area contributed by atoms with Crippen LogP contribution in [0.4, 0.5) is 34.1 Å². The van der Waals surface area contributed by atoms with Crippen molar-refractivity contribution in [1.82, 2.24) is 0 Å². The number of carbonyl (C=O) groups is 1. The van der Waals surface area contributed by atoms with Crippen molar-refractivity contribution in [2.75, 3.05) is 0 Å². The van der Waals surface area contributed by atoms with Crippen LogP contribution in [0.1, 0.15) is 21.5 Å². The summed E-state index contributed by atoms with van der Waals surface area (Å²) in [6.45, 7) is 3.52. The van der Waals surface area contributed by atoms with Crippen molar-refractivity contribution in [2.24, 2.45) is 30.7 Å². The van der Waals surface area contributed by atoms with Crippen LogP contribution in [0.25, 0.3) is 0 Å². The highest BCUT2D eigenvalue weighted by Crippen LogP contribution is 2.41. The number of nitrogens with zero attached hydrogens (tertiary/aromatic N) is 6. The van der Waals surface area contributed by atoms with Crippen LogP contribution in [-0.2, 0) is 10.1 Å². The fourth-order valence-electron chi connectivity index (χ4n) is 3.59. The summed E-state index contributed by atoms with van der Waals surface area (Å²) in [5.74, 6) is -2.32. The Labute approximate surface area is 238 Å². The van der Waals surface area contributed by atoms with E-state index >= 15 is 0 Å². The monoisotopic (exact) mass is 590 g/mol. The molecular weight excluding hydrogens is 568 g/mol. The molecule has 4 rings (SSSR count). The molecule has 0 aliphatic carbocycles. The number of rotatable bonds is 8. The minimum atomic E-state index is -4.36. The van der Waals surface area contributed by atoms with Gasteiger partial charge in [-0.25, -0.2) is 4.79 Å². The van der Waals surface area contributed by atoms with E-state index in [1.54, 1.807) is 19.1 Å². The number of carboxylic acid groups (broad SMARTS) is 1. The summed E-state index contributed by atoms with van der Waals surface area (Å²) in [6, 6.07) is 14.3. The Kier molecular flexibility index (Phi) is 8.35. The van der Waals surface area contributed by atoms with Gasteiger partial charge in [-0.3, -0.25) is 4.55 Å². The molecule has 42 heavy (non-hydrogen) atoms. The quantitative estimate of drug-likeness (QED) is 0.101. The zero-order valence-corrected chi connectivity index (χ0v) is 22.7. The number of aromatic hydroxyl groups is 3. The van der Waals surface area contributed by atoms with Crippen LogP contribution < -0.4 is 0 Å². The molecule has 0 aromatic heterocycles. The van der Waals surface area contributed by atoms with Gasteiger partial charge in [0, 0.05) is 12.1 Å². The molecule has 0 aliphatic heterocycles. The third kappa shape index (κ3) is 6.96. The van der Waals surface area contributed by atoms with E-state index in [2.05, 4.69) is 30.7 Å². The molecule has 0 atom stereocenters. The lowest BCUT2D eigenvalue weighted by Gasteiger charge is -2.05. The largest absolute Gasteiger partial charge is 0.505 e. The van der Waals surface area contributed by atoms with Crippen LogP contribution in [0, 0.1) is 13.8 Å². The number of phenolic OH excluding ortho intramolecular Hbond substituents is 3. The minimum absolute atomic E-state index is 0.0817. The van der Waals surface area contributed by atoms with Crippen LogP contribution in [0.2, 0.25) is 0 Å². The van der Waals surface area contributed by atoms with E-state index < -0.39 is 27.6 Å². The average molecular weight is 591 g/mol. The number of azo groups is 3. The topological polar surface area (TPSA) is 227 Å². The second kappa shape index (κ2) is 11.9. The Bertz CT molecular complexity index is 1890. The van der Waals surface area contributed by atoms with Crippen LogP contribution >= 0.6 is 0 Å². The van der Waals surface area contributed by atoms with E-state index in [9.17, 15) is 33.6 Å². The van der Waals surface area contributed by atoms with Gasteiger partial charge in [-0.2, -0.15) is 18.6 Å². The standard InChI is InChI=1S/C27H22N6O8S/c1-14-9-15(2)26(36)23(10-14)33-32-22-12-21(24(34)13-25(22)35)31-30-20-8-5-17(11-19(20)27(37)38)29-28-16-3-6-18(7-4-16)42(39,40)41/h3-13,34-36H,1-2H3,(H,37,38)(H,39,40,41). The van der Waals surface area contributed by atoms with E-state index in [4.69, 9.17) is 4.55 Å². The number of aromatic carboxylic acids is 1. The van der Waals surface area contributed by atoms with E-state index in [1.807, 2.05) is 6.92 Å². The van der Waals surface area contributed by atoms with Gasteiger partial charge in [0.05, 0.1) is 21.8 Å². The lowest BCUT2D eigenvalue weighted by atomic mass is 10.1. The van der Waals surface area contributed by atoms with Gasteiger partial charge in [-0.1, -0.05) is 6.07 Å². The maximum absolute atomic E-state index is 11.9. The first kappa shape index (κ1) is 29.4. The van der Waals surface area contributed by atoms with Crippen LogP contribution in [-0.4, -0.2) is 39.4 Å². The first-order chi connectivity index (χ1) is 19.8. The van der Waals surface area contributed by atoms with Crippen molar-refractivity contribution in [2.45, 2.75) is 18.7 Å². The molecule has 0 heterocycles. The van der Waals surface area contributed by atoms with Crippen molar-refractivity contribution in [1.29, 1.82) is 0 Å². The maximum atomic E-state index is 11.9. The summed E-state index contributed by atoms with van der Waals surface area (Å²) in [7, 11) is -4.36. The fourth-order valence-corrected chi connectivity index (χ4v) is 4.07. The van der Waals surface area contributed by atoms with E-state index in [1.165, 1.54) is 36.4 Å². The molecular formula is C27H22N6O8S. The van der Waals surface area contributed by atoms with Crippen LogP contribution in [0.5, 0.6) is 17.2 Å². The molecule has 4 aromatic carbocycles. The first-order valence-corrected chi connectivity index (χ1v) is 13.3. The van der Waals surface area contributed by atoms with Gasteiger partial charge in [0.15, 0.2) is 0 Å². The predicted octanol–water partition coefficient (Wildman–Crippen LogP) is 7.61. The number of benzene rings is 4. The SMILES string of the molecule is Cc1cc(C)c(O)c(N=Nc2cc(N=Nc3ccc(N=Nc4ccc(S(=O)(=O)O)cc4)cc3C(=O)O)c(O)cc2O)c1. The van der Waals surface area contributed by atoms with Gasteiger partial charge in [0.25, 0.3) is 10.1 Å². The highest BCUT2D eigenvalue weighted by atomic mass is 32.2. The van der Waals surface area contributed by atoms with E-state index in [-0.39, 0.29) is 50.3 Å². The lowest BCUT2D eigenvalue weighted by molar-refractivity contribution is 0.0697. The first-order valence-electron chi connectivity index (χ1n) is 11.9. The zero-order valence-electron chi connectivity index (χ0n) is 21.9. The fraction of sp³-hybridized carbons (Fsp3) is 0.0741. The summed E-state index contributed by atoms with van der Waals surface area (Å²) in [5.41, 5.74) is 1.33. The Morgan fingerprint density at radius 2 is 1.19 bits per heavy atom. The van der Waals surface area contributed by atoms with Crippen molar-refractivity contribution >= 4 is 50.2 Å². The number of aryl methyl sites for hydroxylation is 2. The van der Waals surface area contributed by atoms with Gasteiger partial charge in [0.2, 0.25) is 0 Å². The number of hydrogen-bond acceptors (Lipinski definition) is 12. The van der Waals surface area contributed by atoms with Crippen LogP contribution in [0.15, 0.2) is 102 Å². The molecule has 15 heteroatoms. The highest BCUT2D eigenvalue weighted by molar-refractivity contribution is 7.85. The molecule has 14 nitrogen and oxygen atoms in total. The predicted molar refractivity (Wildman–Crippen MR) is 150 cm³/mol. The molecule has 0 fully saturated rings. The zero-order chi connectivity index (χ0) is 30.6. The summed E-state index contributed by atoms with van der Waals surface area (Å²) in [5, 5.41) is 63.9. The second-order valence-corrected chi connectivity index (χ2v) is 10.3. The molecule has 0 amide bonds. The molecule has 4 aromatic rings. The Morgan fingerprint density at radius 3 is 1.79 bits per heavy atom. The molecule has 0 saturated heterocycles. The molecule has 0 aliphatic rings.